The van der Waals surface area contributed by atoms with E-state index in [0.717, 1.165) is 3.57 Å². The maximum Gasteiger partial charge on any atom is 0.308 e. The SMILES string of the molecule is CC(=O)Oc1cc(I)c(N)c(I)c1OC(C)=O. The number of hydrogen-bond donors (Lipinski definition) is 1. The number of anilines is 1. The van der Waals surface area contributed by atoms with Gasteiger partial charge < -0.3 is 15.2 Å². The number of benzene rings is 1. The van der Waals surface area contributed by atoms with Crippen molar-refractivity contribution in [3.8, 4) is 11.5 Å². The molecule has 0 aliphatic carbocycles. The Kier molecular flexibility index (Phi) is 4.98. The fourth-order valence-electron chi connectivity index (χ4n) is 1.06. The number of nitrogens with two attached hydrogens (primary N) is 1. The molecule has 0 heterocycles. The Morgan fingerprint density at radius 2 is 1.71 bits per heavy atom. The number of nitrogen functional groups attached to an aromatic ring is 1. The summed E-state index contributed by atoms with van der Waals surface area (Å²) in [5.41, 5.74) is 6.30. The van der Waals surface area contributed by atoms with Gasteiger partial charge in [-0.25, -0.2) is 0 Å². The number of esters is 2. The molecule has 1 aromatic rings. The summed E-state index contributed by atoms with van der Waals surface area (Å²) in [5, 5.41) is 0. The van der Waals surface area contributed by atoms with Crippen LogP contribution in [0.2, 0.25) is 0 Å². The predicted molar refractivity (Wildman–Crippen MR) is 78.9 cm³/mol. The van der Waals surface area contributed by atoms with Crippen LogP contribution < -0.4 is 15.2 Å². The molecule has 92 valence electrons. The molecule has 0 radical (unpaired) electrons. The van der Waals surface area contributed by atoms with Gasteiger partial charge in [0.25, 0.3) is 0 Å². The molecular formula is C10H9I2NO4. The highest BCUT2D eigenvalue weighted by Crippen LogP contribution is 2.39. The van der Waals surface area contributed by atoms with E-state index in [1.165, 1.54) is 13.8 Å². The van der Waals surface area contributed by atoms with Crippen LogP contribution in [0.4, 0.5) is 5.69 Å². The van der Waals surface area contributed by atoms with E-state index in [1.54, 1.807) is 6.07 Å². The van der Waals surface area contributed by atoms with E-state index in [9.17, 15) is 9.59 Å². The Morgan fingerprint density at radius 3 is 2.18 bits per heavy atom. The molecule has 0 unspecified atom stereocenters. The van der Waals surface area contributed by atoms with Gasteiger partial charge in [-0.05, 0) is 45.2 Å². The smallest absolute Gasteiger partial charge is 0.308 e. The van der Waals surface area contributed by atoms with Gasteiger partial charge in [-0.15, -0.1) is 0 Å². The van der Waals surface area contributed by atoms with Gasteiger partial charge in [0.1, 0.15) is 0 Å². The quantitative estimate of drug-likeness (QED) is 0.317. The van der Waals surface area contributed by atoms with Crippen LogP contribution in [0.25, 0.3) is 0 Å². The van der Waals surface area contributed by atoms with Crippen LogP contribution in [0, 0.1) is 7.14 Å². The second-order valence-electron chi connectivity index (χ2n) is 3.10. The van der Waals surface area contributed by atoms with Gasteiger partial charge in [-0.3, -0.25) is 9.59 Å². The molecule has 1 rings (SSSR count). The molecule has 0 aliphatic heterocycles. The Morgan fingerprint density at radius 1 is 1.18 bits per heavy atom. The van der Waals surface area contributed by atoms with E-state index in [1.807, 2.05) is 45.2 Å². The first-order valence-corrected chi connectivity index (χ1v) is 6.63. The molecule has 0 fully saturated rings. The van der Waals surface area contributed by atoms with Crippen LogP contribution in [0.3, 0.4) is 0 Å². The number of hydrogen-bond acceptors (Lipinski definition) is 5. The van der Waals surface area contributed by atoms with Crippen molar-refractivity contribution in [1.29, 1.82) is 0 Å². The van der Waals surface area contributed by atoms with Crippen molar-refractivity contribution in [3.05, 3.63) is 13.2 Å². The minimum atomic E-state index is -0.503. The number of carbonyl (C=O) groups excluding carboxylic acids is 2. The lowest BCUT2D eigenvalue weighted by atomic mass is 10.3. The molecule has 0 bridgehead atoms. The summed E-state index contributed by atoms with van der Waals surface area (Å²) in [6, 6.07) is 1.55. The standard InChI is InChI=1S/C10H9I2NO4/c1-4(14)16-7-3-6(11)9(13)8(12)10(7)17-5(2)15/h3H,13H2,1-2H3. The molecular weight excluding hydrogens is 452 g/mol. The van der Waals surface area contributed by atoms with Gasteiger partial charge >= 0.3 is 11.9 Å². The van der Waals surface area contributed by atoms with Crippen LogP contribution in [0.15, 0.2) is 6.07 Å². The summed E-state index contributed by atoms with van der Waals surface area (Å²) in [6.07, 6.45) is 0. The molecule has 0 aromatic heterocycles. The fourth-order valence-corrected chi connectivity index (χ4v) is 2.80. The van der Waals surface area contributed by atoms with Crippen molar-refractivity contribution in [2.45, 2.75) is 13.8 Å². The normalized spacial score (nSPS) is 9.88. The van der Waals surface area contributed by atoms with E-state index in [4.69, 9.17) is 15.2 Å². The van der Waals surface area contributed by atoms with Crippen molar-refractivity contribution < 1.29 is 19.1 Å². The summed E-state index contributed by atoms with van der Waals surface area (Å²) in [7, 11) is 0. The molecule has 0 saturated heterocycles. The number of carbonyl (C=O) groups is 2. The van der Waals surface area contributed by atoms with E-state index >= 15 is 0 Å². The van der Waals surface area contributed by atoms with Crippen LogP contribution in [0.5, 0.6) is 11.5 Å². The Labute approximate surface area is 125 Å². The Hall–Kier alpha value is -0.580. The molecule has 0 saturated carbocycles. The van der Waals surface area contributed by atoms with Crippen molar-refractivity contribution in [1.82, 2.24) is 0 Å². The molecule has 17 heavy (non-hydrogen) atoms. The van der Waals surface area contributed by atoms with E-state index in [-0.39, 0.29) is 11.5 Å². The zero-order chi connectivity index (χ0) is 13.2. The number of ether oxygens (including phenoxy) is 2. The van der Waals surface area contributed by atoms with Gasteiger partial charge in [-0.2, -0.15) is 0 Å². The highest BCUT2D eigenvalue weighted by atomic mass is 127. The van der Waals surface area contributed by atoms with Crippen molar-refractivity contribution in [2.24, 2.45) is 0 Å². The molecule has 0 amide bonds. The third-order valence-electron chi connectivity index (χ3n) is 1.67. The van der Waals surface area contributed by atoms with Crippen LogP contribution in [0.1, 0.15) is 13.8 Å². The average Bonchev–Trinajstić information content (AvgIpc) is 2.20. The lowest BCUT2D eigenvalue weighted by Gasteiger charge is -2.13. The Balaban J connectivity index is 3.34. The van der Waals surface area contributed by atoms with Gasteiger partial charge in [0, 0.05) is 23.5 Å². The van der Waals surface area contributed by atoms with Crippen molar-refractivity contribution in [2.75, 3.05) is 5.73 Å². The number of rotatable bonds is 2. The molecule has 0 spiro atoms. The second kappa shape index (κ2) is 5.85. The topological polar surface area (TPSA) is 78.6 Å². The second-order valence-corrected chi connectivity index (χ2v) is 5.34. The molecule has 7 heteroatoms. The zero-order valence-electron chi connectivity index (χ0n) is 9.04. The van der Waals surface area contributed by atoms with Gasteiger partial charge in [0.15, 0.2) is 11.5 Å². The fraction of sp³-hybridized carbons (Fsp3) is 0.200. The van der Waals surface area contributed by atoms with E-state index < -0.39 is 11.9 Å². The van der Waals surface area contributed by atoms with Crippen molar-refractivity contribution in [3.63, 3.8) is 0 Å². The highest BCUT2D eigenvalue weighted by molar-refractivity contribution is 14.1. The van der Waals surface area contributed by atoms with E-state index in [0.29, 0.717) is 9.26 Å². The largest absolute Gasteiger partial charge is 0.423 e. The van der Waals surface area contributed by atoms with Gasteiger partial charge in [0.05, 0.1) is 9.26 Å². The van der Waals surface area contributed by atoms with Gasteiger partial charge in [0.2, 0.25) is 0 Å². The van der Waals surface area contributed by atoms with Crippen molar-refractivity contribution >= 4 is 62.8 Å². The lowest BCUT2D eigenvalue weighted by molar-refractivity contribution is -0.134. The van der Waals surface area contributed by atoms with Crippen LogP contribution in [-0.2, 0) is 9.59 Å². The zero-order valence-corrected chi connectivity index (χ0v) is 13.4. The minimum absolute atomic E-state index is 0.172. The average molecular weight is 461 g/mol. The lowest BCUT2D eigenvalue weighted by Crippen LogP contribution is -2.10. The third-order valence-corrected chi connectivity index (χ3v) is 3.64. The highest BCUT2D eigenvalue weighted by Gasteiger charge is 2.18. The summed E-state index contributed by atoms with van der Waals surface area (Å²) in [5.74, 6) is -0.631. The molecule has 5 nitrogen and oxygen atoms in total. The molecule has 0 aliphatic rings. The minimum Gasteiger partial charge on any atom is -0.423 e. The maximum atomic E-state index is 11.0. The summed E-state index contributed by atoms with van der Waals surface area (Å²) in [4.78, 5) is 22.0. The van der Waals surface area contributed by atoms with E-state index in [2.05, 4.69) is 0 Å². The van der Waals surface area contributed by atoms with Crippen LogP contribution in [-0.4, -0.2) is 11.9 Å². The monoisotopic (exact) mass is 461 g/mol. The summed E-state index contributed by atoms with van der Waals surface area (Å²) in [6.45, 7) is 2.54. The molecule has 0 atom stereocenters. The van der Waals surface area contributed by atoms with Gasteiger partial charge in [-0.1, -0.05) is 0 Å². The maximum absolute atomic E-state index is 11.0. The summed E-state index contributed by atoms with van der Waals surface area (Å²) >= 11 is 3.95. The first kappa shape index (κ1) is 14.5. The summed E-state index contributed by atoms with van der Waals surface area (Å²) < 4.78 is 11.3. The van der Waals surface area contributed by atoms with Crippen LogP contribution >= 0.6 is 45.2 Å². The predicted octanol–water partition coefficient (Wildman–Crippen LogP) is 2.33. The number of halogens is 2. The Bertz CT molecular complexity index is 488. The molecule has 2 N–H and O–H groups in total. The first-order chi connectivity index (χ1) is 7.82. The third kappa shape index (κ3) is 3.69. The first-order valence-electron chi connectivity index (χ1n) is 4.47. The molecule has 1 aromatic carbocycles.